The number of carbonyl (C=O) groups is 1. The van der Waals surface area contributed by atoms with E-state index in [1.54, 1.807) is 12.1 Å². The van der Waals surface area contributed by atoms with E-state index >= 15 is 0 Å². The van der Waals surface area contributed by atoms with Gasteiger partial charge in [-0.3, -0.25) is 4.79 Å². The summed E-state index contributed by atoms with van der Waals surface area (Å²) in [5.41, 5.74) is 5.55. The molecule has 6 heteroatoms. The van der Waals surface area contributed by atoms with Gasteiger partial charge in [-0.1, -0.05) is 26.1 Å². The number of phenolic OH excluding ortho intramolecular Hbond substituents is 1. The Morgan fingerprint density at radius 1 is 1.56 bits per heavy atom. The fraction of sp³-hybridized carbons (Fsp3) is 0.333. The number of hydrogen-bond acceptors (Lipinski definition) is 3. The summed E-state index contributed by atoms with van der Waals surface area (Å²) in [7, 11) is 0. The highest BCUT2D eigenvalue weighted by Crippen LogP contribution is 2.20. The Morgan fingerprint density at radius 3 is 2.67 bits per heavy atom. The third kappa shape index (κ3) is 3.81. The first-order chi connectivity index (χ1) is 8.24. The molecule has 0 aliphatic rings. The number of carbonyl (C=O) groups excluding carboxylic acids is 1. The van der Waals surface area contributed by atoms with E-state index in [2.05, 4.69) is 5.32 Å². The topological polar surface area (TPSA) is 75.3 Å². The lowest BCUT2D eigenvalue weighted by molar-refractivity contribution is 0.0944. The molecule has 1 aromatic rings. The summed E-state index contributed by atoms with van der Waals surface area (Å²) in [6.45, 7) is 4.08. The van der Waals surface area contributed by atoms with Gasteiger partial charge in [0.25, 0.3) is 5.91 Å². The van der Waals surface area contributed by atoms with Crippen molar-refractivity contribution >= 4 is 45.7 Å². The van der Waals surface area contributed by atoms with Gasteiger partial charge in [-0.05, 0) is 40.8 Å². The Morgan fingerprint density at radius 2 is 2.17 bits per heavy atom. The van der Waals surface area contributed by atoms with Gasteiger partial charge in [0.05, 0.1) is 8.56 Å². The summed E-state index contributed by atoms with van der Waals surface area (Å²) >= 11 is 6.92. The van der Waals surface area contributed by atoms with Crippen molar-refractivity contribution < 1.29 is 9.90 Å². The quantitative estimate of drug-likeness (QED) is 0.554. The van der Waals surface area contributed by atoms with Crippen LogP contribution in [0.4, 0.5) is 0 Å². The molecule has 98 valence electrons. The maximum absolute atomic E-state index is 11.9. The van der Waals surface area contributed by atoms with Crippen LogP contribution in [0.1, 0.15) is 24.2 Å². The van der Waals surface area contributed by atoms with Gasteiger partial charge >= 0.3 is 0 Å². The molecular formula is C12H15IN2O2S. The second-order valence-corrected chi connectivity index (χ2v) is 6.20. The fourth-order valence-corrected chi connectivity index (χ4v) is 1.55. The summed E-state index contributed by atoms with van der Waals surface area (Å²) in [6.07, 6.45) is 0. The van der Waals surface area contributed by atoms with Gasteiger partial charge in [-0.25, -0.2) is 0 Å². The standard InChI is InChI=1S/C12H15IN2O2S/c1-12(2,11(14)18)6-15-10(17)7-3-4-8(13)9(16)5-7/h3-5,16H,6H2,1-2H3,(H2,14,18)(H,15,17). The maximum atomic E-state index is 11.9. The van der Waals surface area contributed by atoms with Crippen LogP contribution in [0, 0.1) is 8.99 Å². The molecule has 4 nitrogen and oxygen atoms in total. The van der Waals surface area contributed by atoms with Crippen LogP contribution >= 0.6 is 34.8 Å². The van der Waals surface area contributed by atoms with Crippen molar-refractivity contribution in [1.82, 2.24) is 5.32 Å². The van der Waals surface area contributed by atoms with Gasteiger partial charge in [0, 0.05) is 17.5 Å². The Labute approximate surface area is 125 Å². The number of nitrogens with two attached hydrogens (primary N) is 1. The molecule has 18 heavy (non-hydrogen) atoms. The summed E-state index contributed by atoms with van der Waals surface area (Å²) in [4.78, 5) is 12.2. The van der Waals surface area contributed by atoms with Crippen molar-refractivity contribution in [2.75, 3.05) is 6.54 Å². The number of hydrogen-bond donors (Lipinski definition) is 3. The van der Waals surface area contributed by atoms with E-state index < -0.39 is 5.41 Å². The van der Waals surface area contributed by atoms with E-state index in [1.165, 1.54) is 6.07 Å². The molecular weight excluding hydrogens is 363 g/mol. The summed E-state index contributed by atoms with van der Waals surface area (Å²) in [6, 6.07) is 4.78. The van der Waals surface area contributed by atoms with Crippen molar-refractivity contribution in [3.05, 3.63) is 27.3 Å². The zero-order valence-corrected chi connectivity index (χ0v) is 13.1. The lowest BCUT2D eigenvalue weighted by atomic mass is 9.93. The van der Waals surface area contributed by atoms with Crippen molar-refractivity contribution in [2.24, 2.45) is 11.1 Å². The van der Waals surface area contributed by atoms with Crippen LogP contribution in [0.2, 0.25) is 0 Å². The van der Waals surface area contributed by atoms with E-state index in [4.69, 9.17) is 18.0 Å². The Kier molecular flexibility index (Phi) is 4.92. The minimum atomic E-state index is -0.434. The van der Waals surface area contributed by atoms with E-state index in [-0.39, 0.29) is 11.7 Å². The minimum Gasteiger partial charge on any atom is -0.507 e. The molecule has 0 bridgehead atoms. The van der Waals surface area contributed by atoms with E-state index in [1.807, 2.05) is 36.4 Å². The van der Waals surface area contributed by atoms with Crippen LogP contribution in [-0.2, 0) is 0 Å². The Bertz CT molecular complexity index is 489. The number of rotatable bonds is 4. The lowest BCUT2D eigenvalue weighted by Gasteiger charge is -2.23. The molecule has 0 spiro atoms. The second-order valence-electron chi connectivity index (χ2n) is 4.60. The highest BCUT2D eigenvalue weighted by atomic mass is 127. The zero-order chi connectivity index (χ0) is 13.9. The van der Waals surface area contributed by atoms with Crippen LogP contribution in [0.25, 0.3) is 0 Å². The van der Waals surface area contributed by atoms with Gasteiger partial charge in [-0.2, -0.15) is 0 Å². The van der Waals surface area contributed by atoms with Crippen LogP contribution in [-0.4, -0.2) is 22.5 Å². The van der Waals surface area contributed by atoms with Gasteiger partial charge in [-0.15, -0.1) is 0 Å². The first kappa shape index (κ1) is 15.2. The molecule has 0 atom stereocenters. The van der Waals surface area contributed by atoms with Crippen molar-refractivity contribution in [3.8, 4) is 5.75 Å². The average molecular weight is 378 g/mol. The molecule has 0 aliphatic carbocycles. The van der Waals surface area contributed by atoms with E-state index in [0.717, 1.165) is 0 Å². The number of amides is 1. The van der Waals surface area contributed by atoms with Crippen LogP contribution < -0.4 is 11.1 Å². The molecule has 0 aliphatic heterocycles. The SMILES string of the molecule is CC(C)(CNC(=O)c1ccc(I)c(O)c1)C(N)=S. The van der Waals surface area contributed by atoms with Gasteiger partial charge < -0.3 is 16.2 Å². The van der Waals surface area contributed by atoms with Crippen molar-refractivity contribution in [3.63, 3.8) is 0 Å². The van der Waals surface area contributed by atoms with E-state index in [0.29, 0.717) is 20.7 Å². The molecule has 0 saturated heterocycles. The molecule has 0 aromatic heterocycles. The molecule has 1 amide bonds. The first-order valence-electron chi connectivity index (χ1n) is 5.30. The summed E-state index contributed by atoms with van der Waals surface area (Å²) in [5.74, 6) is -0.164. The predicted molar refractivity (Wildman–Crippen MR) is 83.7 cm³/mol. The van der Waals surface area contributed by atoms with Crippen LogP contribution in [0.15, 0.2) is 18.2 Å². The van der Waals surface area contributed by atoms with Crippen molar-refractivity contribution in [1.29, 1.82) is 0 Å². The molecule has 0 heterocycles. The molecule has 0 saturated carbocycles. The third-order valence-electron chi connectivity index (χ3n) is 2.57. The Balaban J connectivity index is 2.72. The summed E-state index contributed by atoms with van der Waals surface area (Å²) < 4.78 is 0.701. The number of phenols is 1. The Hall–Kier alpha value is -0.890. The van der Waals surface area contributed by atoms with Gasteiger partial charge in [0.1, 0.15) is 5.75 Å². The number of aromatic hydroxyl groups is 1. The molecule has 0 radical (unpaired) electrons. The molecule has 0 unspecified atom stereocenters. The summed E-state index contributed by atoms with van der Waals surface area (Å²) in [5, 5.41) is 12.3. The monoisotopic (exact) mass is 378 g/mol. The maximum Gasteiger partial charge on any atom is 0.251 e. The highest BCUT2D eigenvalue weighted by Gasteiger charge is 2.22. The zero-order valence-electron chi connectivity index (χ0n) is 10.2. The smallest absolute Gasteiger partial charge is 0.251 e. The number of nitrogens with one attached hydrogen (secondary N) is 1. The average Bonchev–Trinajstić information content (AvgIpc) is 2.29. The van der Waals surface area contributed by atoms with Gasteiger partial charge in [0.15, 0.2) is 0 Å². The fourth-order valence-electron chi connectivity index (χ4n) is 1.14. The molecule has 1 rings (SSSR count). The largest absolute Gasteiger partial charge is 0.507 e. The van der Waals surface area contributed by atoms with Crippen molar-refractivity contribution in [2.45, 2.75) is 13.8 Å². The molecule has 1 aromatic carbocycles. The van der Waals surface area contributed by atoms with E-state index in [9.17, 15) is 9.90 Å². The highest BCUT2D eigenvalue weighted by molar-refractivity contribution is 14.1. The third-order valence-corrected chi connectivity index (χ3v) is 4.03. The molecule has 4 N–H and O–H groups in total. The number of benzene rings is 1. The molecule has 0 fully saturated rings. The predicted octanol–water partition coefficient (Wildman–Crippen LogP) is 2.04. The normalized spacial score (nSPS) is 11.1. The lowest BCUT2D eigenvalue weighted by Crippen LogP contribution is -2.41. The first-order valence-corrected chi connectivity index (χ1v) is 6.79. The van der Waals surface area contributed by atoms with Crippen LogP contribution in [0.5, 0.6) is 5.75 Å². The van der Waals surface area contributed by atoms with Crippen LogP contribution in [0.3, 0.4) is 0 Å². The second kappa shape index (κ2) is 5.83. The minimum absolute atomic E-state index is 0.0943. The van der Waals surface area contributed by atoms with Gasteiger partial charge in [0.2, 0.25) is 0 Å². The number of thiocarbonyl (C=S) groups is 1. The number of halogens is 1.